The zero-order chi connectivity index (χ0) is 17.1. The molecule has 0 aliphatic carbocycles. The van der Waals surface area contributed by atoms with Gasteiger partial charge in [-0.1, -0.05) is 0 Å². The third-order valence-corrected chi connectivity index (χ3v) is 3.29. The molecule has 0 atom stereocenters. The number of furan rings is 1. The molecule has 1 amide bonds. The first-order valence-corrected chi connectivity index (χ1v) is 6.86. The van der Waals surface area contributed by atoms with Crippen molar-refractivity contribution < 1.29 is 13.6 Å². The average molecular weight is 323 g/mol. The molecule has 3 rings (SSSR count). The van der Waals surface area contributed by atoms with Crippen molar-refractivity contribution in [1.82, 2.24) is 4.98 Å². The van der Waals surface area contributed by atoms with Crippen molar-refractivity contribution in [3.63, 3.8) is 0 Å². The van der Waals surface area contributed by atoms with Crippen LogP contribution in [0, 0.1) is 17.1 Å². The van der Waals surface area contributed by atoms with Gasteiger partial charge in [0, 0.05) is 5.69 Å². The Morgan fingerprint density at radius 3 is 2.75 bits per heavy atom. The predicted octanol–water partition coefficient (Wildman–Crippen LogP) is 2.90. The minimum Gasteiger partial charge on any atom is -0.463 e. The normalized spacial score (nSPS) is 10.2. The molecular weight excluding hydrogens is 313 g/mol. The van der Waals surface area contributed by atoms with Gasteiger partial charge in [-0.2, -0.15) is 5.26 Å². The van der Waals surface area contributed by atoms with Gasteiger partial charge in [-0.25, -0.2) is 4.39 Å². The molecule has 0 aliphatic rings. The molecule has 3 aromatic rings. The Labute approximate surface area is 135 Å². The number of nitrogens with one attached hydrogen (secondary N) is 2. The van der Waals surface area contributed by atoms with E-state index in [2.05, 4.69) is 10.3 Å². The highest BCUT2D eigenvalue weighted by atomic mass is 19.1. The fourth-order valence-corrected chi connectivity index (χ4v) is 2.12. The van der Waals surface area contributed by atoms with Crippen LogP contribution in [0.2, 0.25) is 0 Å². The van der Waals surface area contributed by atoms with E-state index in [9.17, 15) is 14.0 Å². The van der Waals surface area contributed by atoms with Crippen molar-refractivity contribution in [3.05, 3.63) is 76.0 Å². The number of amides is 1. The number of aromatic amines is 1. The van der Waals surface area contributed by atoms with Crippen LogP contribution < -0.4 is 10.9 Å². The van der Waals surface area contributed by atoms with Gasteiger partial charge >= 0.3 is 0 Å². The number of carbonyl (C=O) groups is 1. The summed E-state index contributed by atoms with van der Waals surface area (Å²) in [5.74, 6) is -0.884. The molecule has 0 unspecified atom stereocenters. The van der Waals surface area contributed by atoms with Gasteiger partial charge in [-0.3, -0.25) is 9.59 Å². The van der Waals surface area contributed by atoms with E-state index >= 15 is 0 Å². The summed E-state index contributed by atoms with van der Waals surface area (Å²) in [6.07, 6.45) is 1.47. The SMILES string of the molecule is N#Cc1cc(NC(=O)c2ccc(-c3ccco3)[nH]c2=O)ccc1F. The largest absolute Gasteiger partial charge is 0.463 e. The number of H-pyrrole nitrogens is 1. The van der Waals surface area contributed by atoms with E-state index in [-0.39, 0.29) is 16.8 Å². The molecule has 7 heteroatoms. The first-order valence-electron chi connectivity index (χ1n) is 6.86. The van der Waals surface area contributed by atoms with Crippen LogP contribution in [0.4, 0.5) is 10.1 Å². The molecule has 118 valence electrons. The van der Waals surface area contributed by atoms with Crippen LogP contribution in [0.5, 0.6) is 0 Å². The summed E-state index contributed by atoms with van der Waals surface area (Å²) in [5, 5.41) is 11.2. The van der Waals surface area contributed by atoms with E-state index in [1.54, 1.807) is 24.3 Å². The zero-order valence-corrected chi connectivity index (χ0v) is 12.2. The van der Waals surface area contributed by atoms with Crippen molar-refractivity contribution in [2.45, 2.75) is 0 Å². The Morgan fingerprint density at radius 2 is 2.08 bits per heavy atom. The van der Waals surface area contributed by atoms with Crippen molar-refractivity contribution in [3.8, 4) is 17.5 Å². The van der Waals surface area contributed by atoms with Gasteiger partial charge in [0.15, 0.2) is 0 Å². The minimum absolute atomic E-state index is 0.117. The van der Waals surface area contributed by atoms with Crippen molar-refractivity contribution in [1.29, 1.82) is 5.26 Å². The predicted molar refractivity (Wildman–Crippen MR) is 83.8 cm³/mol. The maximum absolute atomic E-state index is 13.3. The van der Waals surface area contributed by atoms with Gasteiger partial charge in [0.2, 0.25) is 0 Å². The summed E-state index contributed by atoms with van der Waals surface area (Å²) in [6, 6.07) is 11.5. The molecule has 0 saturated heterocycles. The molecule has 2 heterocycles. The average Bonchev–Trinajstić information content (AvgIpc) is 3.11. The van der Waals surface area contributed by atoms with E-state index in [0.29, 0.717) is 11.5 Å². The summed E-state index contributed by atoms with van der Waals surface area (Å²) in [5.41, 5.74) is -0.255. The van der Waals surface area contributed by atoms with E-state index < -0.39 is 17.3 Å². The highest BCUT2D eigenvalue weighted by Crippen LogP contribution is 2.17. The van der Waals surface area contributed by atoms with Gasteiger partial charge in [0.1, 0.15) is 23.2 Å². The Morgan fingerprint density at radius 1 is 1.25 bits per heavy atom. The third-order valence-electron chi connectivity index (χ3n) is 3.29. The fraction of sp³-hybridized carbons (Fsp3) is 0. The highest BCUT2D eigenvalue weighted by Gasteiger charge is 2.13. The van der Waals surface area contributed by atoms with Crippen LogP contribution in [-0.2, 0) is 0 Å². The lowest BCUT2D eigenvalue weighted by Crippen LogP contribution is -2.23. The second-order valence-electron chi connectivity index (χ2n) is 4.85. The lowest BCUT2D eigenvalue weighted by molar-refractivity contribution is 0.102. The van der Waals surface area contributed by atoms with Crippen molar-refractivity contribution in [2.24, 2.45) is 0 Å². The number of rotatable bonds is 3. The Hall–Kier alpha value is -3.66. The highest BCUT2D eigenvalue weighted by molar-refractivity contribution is 6.04. The molecule has 1 aromatic carbocycles. The number of hydrogen-bond donors (Lipinski definition) is 2. The molecule has 2 N–H and O–H groups in total. The Bertz CT molecular complexity index is 1000. The Balaban J connectivity index is 1.86. The van der Waals surface area contributed by atoms with Crippen LogP contribution in [0.3, 0.4) is 0 Å². The molecule has 0 fully saturated rings. The van der Waals surface area contributed by atoms with Crippen LogP contribution in [0.15, 0.2) is 57.9 Å². The second kappa shape index (κ2) is 6.22. The summed E-state index contributed by atoms with van der Waals surface area (Å²) in [6.45, 7) is 0. The van der Waals surface area contributed by atoms with Crippen molar-refractivity contribution >= 4 is 11.6 Å². The summed E-state index contributed by atoms with van der Waals surface area (Å²) < 4.78 is 18.4. The van der Waals surface area contributed by atoms with E-state index in [4.69, 9.17) is 9.68 Å². The van der Waals surface area contributed by atoms with Crippen LogP contribution in [-0.4, -0.2) is 10.9 Å². The van der Waals surface area contributed by atoms with Gasteiger partial charge in [0.25, 0.3) is 11.5 Å². The monoisotopic (exact) mass is 323 g/mol. The number of carbonyl (C=O) groups excluding carboxylic acids is 1. The summed E-state index contributed by atoms with van der Waals surface area (Å²) >= 11 is 0. The van der Waals surface area contributed by atoms with Gasteiger partial charge in [-0.05, 0) is 42.5 Å². The molecule has 24 heavy (non-hydrogen) atoms. The van der Waals surface area contributed by atoms with E-state index in [1.165, 1.54) is 24.5 Å². The number of nitriles is 1. The lowest BCUT2D eigenvalue weighted by atomic mass is 10.2. The maximum atomic E-state index is 13.3. The molecule has 0 aliphatic heterocycles. The minimum atomic E-state index is -0.684. The quantitative estimate of drug-likeness (QED) is 0.774. The maximum Gasteiger partial charge on any atom is 0.261 e. The lowest BCUT2D eigenvalue weighted by Gasteiger charge is -2.06. The summed E-state index contributed by atoms with van der Waals surface area (Å²) in [4.78, 5) is 26.8. The molecule has 0 saturated carbocycles. The second-order valence-corrected chi connectivity index (χ2v) is 4.85. The molecule has 0 bridgehead atoms. The first-order chi connectivity index (χ1) is 11.6. The number of pyridine rings is 1. The topological polar surface area (TPSA) is 98.9 Å². The van der Waals surface area contributed by atoms with Crippen LogP contribution >= 0.6 is 0 Å². The van der Waals surface area contributed by atoms with Gasteiger partial charge in [0.05, 0.1) is 17.5 Å². The van der Waals surface area contributed by atoms with Crippen molar-refractivity contribution in [2.75, 3.05) is 5.32 Å². The molecule has 6 nitrogen and oxygen atoms in total. The standard InChI is InChI=1S/C17H10FN3O3/c18-13-5-3-11(8-10(13)9-19)20-16(22)12-4-6-14(21-17(12)23)15-2-1-7-24-15/h1-8H,(H,20,22)(H,21,23). The smallest absolute Gasteiger partial charge is 0.261 e. The first kappa shape index (κ1) is 15.2. The Kier molecular flexibility index (Phi) is 3.95. The molecular formula is C17H10FN3O3. The zero-order valence-electron chi connectivity index (χ0n) is 12.2. The number of aromatic nitrogens is 1. The van der Waals surface area contributed by atoms with E-state index in [1.807, 2.05) is 0 Å². The van der Waals surface area contributed by atoms with Crippen LogP contribution in [0.25, 0.3) is 11.5 Å². The number of nitrogens with zero attached hydrogens (tertiary/aromatic N) is 1. The number of hydrogen-bond acceptors (Lipinski definition) is 4. The van der Waals surface area contributed by atoms with Gasteiger partial charge in [-0.15, -0.1) is 0 Å². The number of halogens is 1. The molecule has 2 aromatic heterocycles. The molecule has 0 radical (unpaired) electrons. The fourth-order valence-electron chi connectivity index (χ4n) is 2.12. The summed E-state index contributed by atoms with van der Waals surface area (Å²) in [7, 11) is 0. The number of anilines is 1. The number of benzene rings is 1. The van der Waals surface area contributed by atoms with Gasteiger partial charge < -0.3 is 14.7 Å². The van der Waals surface area contributed by atoms with Crippen LogP contribution in [0.1, 0.15) is 15.9 Å². The molecule has 0 spiro atoms. The van der Waals surface area contributed by atoms with E-state index in [0.717, 1.165) is 6.07 Å². The third kappa shape index (κ3) is 2.94.